The van der Waals surface area contributed by atoms with Gasteiger partial charge in [-0.15, -0.1) is 11.3 Å². The molecule has 130 valence electrons. The third kappa shape index (κ3) is 2.66. The highest BCUT2D eigenvalue weighted by Gasteiger charge is 2.41. The summed E-state index contributed by atoms with van der Waals surface area (Å²) in [4.78, 5) is 1.18. The van der Waals surface area contributed by atoms with E-state index in [9.17, 15) is 0 Å². The zero-order valence-electron chi connectivity index (χ0n) is 13.6. The standard InChI is InChI=1S/C20H14BrClN2OS/c21-19-10-9-18(26-19)15-11-16-13-6-2-4-8-17(13)25-20(24(16)23-15)12-5-1-3-7-14(12)22/h1-10,16,20H,11H2/t16-,20+/m0/s1. The first-order chi connectivity index (χ1) is 12.7. The second kappa shape index (κ2) is 6.41. The quantitative estimate of drug-likeness (QED) is 0.455. The molecule has 0 bridgehead atoms. The molecule has 0 spiro atoms. The molecule has 3 heterocycles. The lowest BCUT2D eigenvalue weighted by Gasteiger charge is -2.38. The lowest BCUT2D eigenvalue weighted by molar-refractivity contribution is -0.0189. The number of rotatable bonds is 2. The fourth-order valence-corrected chi connectivity index (χ4v) is 5.14. The van der Waals surface area contributed by atoms with Gasteiger partial charge < -0.3 is 4.74 Å². The first-order valence-electron chi connectivity index (χ1n) is 8.32. The molecule has 0 amide bonds. The van der Waals surface area contributed by atoms with Crippen LogP contribution in [0.2, 0.25) is 5.02 Å². The van der Waals surface area contributed by atoms with E-state index in [1.54, 1.807) is 11.3 Å². The average molecular weight is 446 g/mol. The molecule has 0 radical (unpaired) electrons. The number of halogens is 2. The monoisotopic (exact) mass is 444 g/mol. The molecule has 6 heteroatoms. The second-order valence-corrected chi connectivity index (χ2v) is 9.15. The van der Waals surface area contributed by atoms with Crippen molar-refractivity contribution < 1.29 is 4.74 Å². The van der Waals surface area contributed by atoms with Gasteiger partial charge in [0.1, 0.15) is 5.75 Å². The highest BCUT2D eigenvalue weighted by atomic mass is 79.9. The van der Waals surface area contributed by atoms with Crippen LogP contribution < -0.4 is 4.74 Å². The highest BCUT2D eigenvalue weighted by molar-refractivity contribution is 9.11. The molecule has 2 aliphatic heterocycles. The Morgan fingerprint density at radius 2 is 1.81 bits per heavy atom. The molecular weight excluding hydrogens is 432 g/mol. The maximum Gasteiger partial charge on any atom is 0.215 e. The summed E-state index contributed by atoms with van der Waals surface area (Å²) in [5.41, 5.74) is 3.19. The molecule has 1 aromatic heterocycles. The summed E-state index contributed by atoms with van der Waals surface area (Å²) in [6.07, 6.45) is 0.526. The van der Waals surface area contributed by atoms with Crippen molar-refractivity contribution in [2.45, 2.75) is 18.7 Å². The Kier molecular flexibility index (Phi) is 4.03. The number of para-hydroxylation sites is 1. The number of hydrazone groups is 1. The lowest BCUT2D eigenvalue weighted by atomic mass is 9.98. The number of nitrogens with zero attached hydrogens (tertiary/aromatic N) is 2. The van der Waals surface area contributed by atoms with E-state index < -0.39 is 0 Å². The van der Waals surface area contributed by atoms with E-state index in [4.69, 9.17) is 21.4 Å². The minimum absolute atomic E-state index is 0.150. The van der Waals surface area contributed by atoms with Gasteiger partial charge in [0.15, 0.2) is 0 Å². The van der Waals surface area contributed by atoms with Gasteiger partial charge in [0, 0.05) is 22.6 Å². The number of hydrogen-bond donors (Lipinski definition) is 0. The number of benzene rings is 2. The first-order valence-corrected chi connectivity index (χ1v) is 10.3. The third-order valence-electron chi connectivity index (χ3n) is 4.73. The topological polar surface area (TPSA) is 24.8 Å². The Morgan fingerprint density at radius 3 is 2.58 bits per heavy atom. The molecule has 0 fully saturated rings. The summed E-state index contributed by atoms with van der Waals surface area (Å²) in [5, 5.41) is 7.70. The van der Waals surface area contributed by atoms with Crippen LogP contribution in [-0.2, 0) is 0 Å². The Bertz CT molecular complexity index is 1020. The number of ether oxygens (including phenoxy) is 1. The highest BCUT2D eigenvalue weighted by Crippen LogP contribution is 2.48. The molecule has 26 heavy (non-hydrogen) atoms. The van der Waals surface area contributed by atoms with Gasteiger partial charge in [-0.2, -0.15) is 5.10 Å². The van der Waals surface area contributed by atoms with Gasteiger partial charge >= 0.3 is 0 Å². The Hall–Kier alpha value is -1.82. The Labute approximate surface area is 169 Å². The predicted molar refractivity (Wildman–Crippen MR) is 109 cm³/mol. The average Bonchev–Trinajstić information content (AvgIpc) is 3.28. The summed E-state index contributed by atoms with van der Waals surface area (Å²) in [6, 6.07) is 20.4. The molecule has 0 saturated carbocycles. The lowest BCUT2D eigenvalue weighted by Crippen LogP contribution is -2.33. The van der Waals surface area contributed by atoms with Crippen LogP contribution in [0.25, 0.3) is 0 Å². The maximum absolute atomic E-state index is 6.47. The zero-order valence-corrected chi connectivity index (χ0v) is 16.8. The van der Waals surface area contributed by atoms with Crippen molar-refractivity contribution in [3.05, 3.63) is 85.5 Å². The molecule has 3 aromatic rings. The van der Waals surface area contributed by atoms with E-state index in [0.717, 1.165) is 27.2 Å². The van der Waals surface area contributed by atoms with Crippen LogP contribution in [0.3, 0.4) is 0 Å². The fraction of sp³-hybridized carbons (Fsp3) is 0.150. The molecule has 0 saturated heterocycles. The van der Waals surface area contributed by atoms with Crippen LogP contribution in [0.1, 0.15) is 34.7 Å². The summed E-state index contributed by atoms with van der Waals surface area (Å²) < 4.78 is 7.44. The van der Waals surface area contributed by atoms with Crippen LogP contribution in [0.4, 0.5) is 0 Å². The molecule has 5 rings (SSSR count). The van der Waals surface area contributed by atoms with E-state index in [2.05, 4.69) is 45.2 Å². The number of fused-ring (bicyclic) bond motifs is 3. The number of thiophene rings is 1. The summed E-state index contributed by atoms with van der Waals surface area (Å²) in [7, 11) is 0. The van der Waals surface area contributed by atoms with Gasteiger partial charge in [-0.05, 0) is 40.2 Å². The molecule has 0 unspecified atom stereocenters. The normalized spacial score (nSPS) is 21.0. The molecule has 2 atom stereocenters. The predicted octanol–water partition coefficient (Wildman–Crippen LogP) is 6.41. The molecule has 2 aromatic carbocycles. The summed E-state index contributed by atoms with van der Waals surface area (Å²) in [5.74, 6) is 0.905. The SMILES string of the molecule is Clc1ccccc1[C@H]1Oc2ccccc2[C@@H]2CC(c3ccc(Br)s3)=NN12. The minimum atomic E-state index is -0.329. The Balaban J connectivity index is 1.62. The Morgan fingerprint density at radius 1 is 1.04 bits per heavy atom. The first kappa shape index (κ1) is 16.4. The minimum Gasteiger partial charge on any atom is -0.464 e. The van der Waals surface area contributed by atoms with Gasteiger partial charge in [0.05, 0.1) is 20.4 Å². The molecule has 0 aliphatic carbocycles. The summed E-state index contributed by atoms with van der Waals surface area (Å²) in [6.45, 7) is 0. The van der Waals surface area contributed by atoms with Crippen LogP contribution in [0.15, 0.2) is 69.6 Å². The smallest absolute Gasteiger partial charge is 0.215 e. The van der Waals surface area contributed by atoms with E-state index in [0.29, 0.717) is 5.02 Å². The van der Waals surface area contributed by atoms with Crippen molar-refractivity contribution in [1.82, 2.24) is 5.01 Å². The van der Waals surface area contributed by atoms with Gasteiger partial charge in [0.2, 0.25) is 6.23 Å². The van der Waals surface area contributed by atoms with E-state index >= 15 is 0 Å². The van der Waals surface area contributed by atoms with Gasteiger partial charge in [0.25, 0.3) is 0 Å². The van der Waals surface area contributed by atoms with Crippen molar-refractivity contribution in [1.29, 1.82) is 0 Å². The molecule has 0 N–H and O–H groups in total. The van der Waals surface area contributed by atoms with Crippen LogP contribution in [0, 0.1) is 0 Å². The molecule has 2 aliphatic rings. The maximum atomic E-state index is 6.47. The number of hydrogen-bond acceptors (Lipinski definition) is 4. The zero-order chi connectivity index (χ0) is 17.7. The van der Waals surface area contributed by atoms with Crippen molar-refractivity contribution in [2.75, 3.05) is 0 Å². The molecule has 3 nitrogen and oxygen atoms in total. The van der Waals surface area contributed by atoms with Crippen molar-refractivity contribution in [2.24, 2.45) is 5.10 Å². The van der Waals surface area contributed by atoms with E-state index in [-0.39, 0.29) is 12.3 Å². The van der Waals surface area contributed by atoms with E-state index in [1.165, 1.54) is 10.4 Å². The summed E-state index contributed by atoms with van der Waals surface area (Å²) >= 11 is 11.7. The van der Waals surface area contributed by atoms with Crippen LogP contribution in [-0.4, -0.2) is 10.7 Å². The largest absolute Gasteiger partial charge is 0.464 e. The van der Waals surface area contributed by atoms with Crippen LogP contribution in [0.5, 0.6) is 5.75 Å². The van der Waals surface area contributed by atoms with Gasteiger partial charge in [-0.1, -0.05) is 48.0 Å². The van der Waals surface area contributed by atoms with Crippen LogP contribution >= 0.6 is 38.9 Å². The van der Waals surface area contributed by atoms with Crippen molar-refractivity contribution in [3.8, 4) is 5.75 Å². The van der Waals surface area contributed by atoms with E-state index in [1.807, 2.05) is 36.4 Å². The van der Waals surface area contributed by atoms with Crippen molar-refractivity contribution in [3.63, 3.8) is 0 Å². The molecular formula is C20H14BrClN2OS. The second-order valence-electron chi connectivity index (χ2n) is 6.28. The van der Waals surface area contributed by atoms with Gasteiger partial charge in [-0.25, -0.2) is 5.01 Å². The fourth-order valence-electron chi connectivity index (χ4n) is 3.53. The van der Waals surface area contributed by atoms with Gasteiger partial charge in [-0.3, -0.25) is 0 Å². The third-order valence-corrected chi connectivity index (χ3v) is 6.74. The van der Waals surface area contributed by atoms with Crippen molar-refractivity contribution >= 4 is 44.6 Å².